The second-order valence-electron chi connectivity index (χ2n) is 6.02. The fourth-order valence-electron chi connectivity index (χ4n) is 3.60. The average Bonchev–Trinajstić information content (AvgIpc) is 2.83. The topological polar surface area (TPSA) is 98.8 Å². The fraction of sp³-hybridized carbons (Fsp3) is 0.538. The molecule has 1 aromatic carbocycles. The van der Waals surface area contributed by atoms with Crippen molar-refractivity contribution in [3.63, 3.8) is 0 Å². The summed E-state index contributed by atoms with van der Waals surface area (Å²) in [4.78, 5) is 22.3. The molecule has 8 nitrogen and oxygen atoms in total. The molecule has 24 heavy (non-hydrogen) atoms. The molecule has 1 saturated heterocycles. The largest absolute Gasteiger partial charge is 0.473 e. The van der Waals surface area contributed by atoms with Crippen LogP contribution in [-0.4, -0.2) is 52.7 Å². The van der Waals surface area contributed by atoms with Crippen molar-refractivity contribution in [3.05, 3.63) is 44.0 Å². The third-order valence-electron chi connectivity index (χ3n) is 4.54. The Morgan fingerprint density at radius 3 is 2.54 bits per heavy atom. The monoisotopic (exact) mass is 347 g/mol. The van der Waals surface area contributed by atoms with Gasteiger partial charge in [-0.05, 0) is 13.1 Å². The van der Waals surface area contributed by atoms with E-state index < -0.39 is 40.1 Å². The number of benzene rings is 1. The summed E-state index contributed by atoms with van der Waals surface area (Å²) in [6, 6.07) is 3.14. The van der Waals surface area contributed by atoms with Crippen molar-refractivity contribution in [2.24, 2.45) is 0 Å². The first-order valence-electron chi connectivity index (χ1n) is 6.92. The zero-order valence-corrected chi connectivity index (χ0v) is 12.3. The minimum atomic E-state index is -4.95. The van der Waals surface area contributed by atoms with Gasteiger partial charge in [-0.1, -0.05) is 0 Å². The zero-order valence-electron chi connectivity index (χ0n) is 12.3. The Bertz CT molecular complexity index is 725. The lowest BCUT2D eigenvalue weighted by Crippen LogP contribution is -2.64. The lowest BCUT2D eigenvalue weighted by Gasteiger charge is -2.39. The van der Waals surface area contributed by atoms with Gasteiger partial charge in [-0.25, -0.2) is 0 Å². The van der Waals surface area contributed by atoms with Crippen LogP contribution < -0.4 is 4.74 Å². The molecule has 2 aliphatic rings. The number of likely N-dealkylation sites (N-methyl/N-ethyl adjacent to an activating group) is 1. The molecule has 0 bridgehead atoms. The molecule has 3 atom stereocenters. The SMILES string of the molecule is CN1C[C@H]2c3cc([N+](=O)[O-])ccc3O[C@H](C(F)(F)F)[C@@]2([N+](=O)[O-])C1. The van der Waals surface area contributed by atoms with Crippen LogP contribution >= 0.6 is 0 Å². The molecule has 130 valence electrons. The summed E-state index contributed by atoms with van der Waals surface area (Å²) in [5.41, 5.74) is -2.73. The summed E-state index contributed by atoms with van der Waals surface area (Å²) in [7, 11) is 1.47. The smallest absolute Gasteiger partial charge is 0.432 e. The minimum Gasteiger partial charge on any atom is -0.473 e. The van der Waals surface area contributed by atoms with Crippen molar-refractivity contribution in [2.75, 3.05) is 20.1 Å². The predicted molar refractivity (Wildman–Crippen MR) is 73.5 cm³/mol. The molecule has 0 unspecified atom stereocenters. The first-order chi connectivity index (χ1) is 11.1. The number of rotatable bonds is 2. The third kappa shape index (κ3) is 2.19. The van der Waals surface area contributed by atoms with Crippen LogP contribution in [0.2, 0.25) is 0 Å². The number of fused-ring (bicyclic) bond motifs is 3. The van der Waals surface area contributed by atoms with Gasteiger partial charge in [0.1, 0.15) is 5.75 Å². The van der Waals surface area contributed by atoms with E-state index in [-0.39, 0.29) is 23.5 Å². The normalized spacial score (nSPS) is 29.5. The Morgan fingerprint density at radius 1 is 1.33 bits per heavy atom. The number of non-ortho nitro benzene ring substituents is 1. The van der Waals surface area contributed by atoms with Crippen molar-refractivity contribution in [3.8, 4) is 5.75 Å². The number of nitro groups is 2. The van der Waals surface area contributed by atoms with Crippen LogP contribution in [0.4, 0.5) is 18.9 Å². The zero-order chi connectivity index (χ0) is 17.9. The minimum absolute atomic E-state index is 0.0227. The summed E-state index contributed by atoms with van der Waals surface area (Å²) in [5, 5.41) is 22.6. The van der Waals surface area contributed by atoms with Crippen molar-refractivity contribution in [1.82, 2.24) is 4.90 Å². The van der Waals surface area contributed by atoms with Crippen molar-refractivity contribution in [1.29, 1.82) is 0 Å². The maximum atomic E-state index is 13.5. The number of halogens is 3. The van der Waals surface area contributed by atoms with E-state index in [9.17, 15) is 33.4 Å². The lowest BCUT2D eigenvalue weighted by atomic mass is 9.75. The Morgan fingerprint density at radius 2 is 2.00 bits per heavy atom. The molecular weight excluding hydrogens is 335 g/mol. The second kappa shape index (κ2) is 5.03. The van der Waals surface area contributed by atoms with Gasteiger partial charge in [0.25, 0.3) is 17.3 Å². The van der Waals surface area contributed by atoms with Crippen molar-refractivity contribution >= 4 is 5.69 Å². The molecule has 0 aliphatic carbocycles. The summed E-state index contributed by atoms with van der Waals surface area (Å²) in [6.45, 7) is -0.484. The number of nitrogens with zero attached hydrogens (tertiary/aromatic N) is 3. The standard InChI is InChI=1S/C13H12F3N3O5/c1-17-5-9-8-4-7(18(20)21)2-3-10(8)24-11(13(14,15)16)12(9,6-17)19(22)23/h2-4,9,11H,5-6H2,1H3/t9-,11-,12+/m0/s1. The van der Waals surface area contributed by atoms with E-state index >= 15 is 0 Å². The molecule has 0 radical (unpaired) electrons. The van der Waals surface area contributed by atoms with Crippen molar-refractivity contribution in [2.45, 2.75) is 23.7 Å². The number of hydrogen-bond acceptors (Lipinski definition) is 6. The molecule has 0 aromatic heterocycles. The van der Waals surface area contributed by atoms with Gasteiger partial charge in [0, 0.05) is 29.2 Å². The Balaban J connectivity index is 2.23. The van der Waals surface area contributed by atoms with E-state index in [0.29, 0.717) is 0 Å². The van der Waals surface area contributed by atoms with Gasteiger partial charge in [0.15, 0.2) is 0 Å². The summed E-state index contributed by atoms with van der Waals surface area (Å²) in [6.07, 6.45) is -7.57. The van der Waals surface area contributed by atoms with Crippen LogP contribution in [0.15, 0.2) is 18.2 Å². The molecule has 1 aromatic rings. The first-order valence-corrected chi connectivity index (χ1v) is 6.92. The van der Waals surface area contributed by atoms with E-state index in [1.54, 1.807) is 0 Å². The van der Waals surface area contributed by atoms with E-state index in [1.165, 1.54) is 11.9 Å². The van der Waals surface area contributed by atoms with Crippen LogP contribution in [0, 0.1) is 20.2 Å². The van der Waals surface area contributed by atoms with Crippen LogP contribution in [0.3, 0.4) is 0 Å². The van der Waals surface area contributed by atoms with Crippen molar-refractivity contribution < 1.29 is 27.8 Å². The Hall–Kier alpha value is -2.43. The fourth-order valence-corrected chi connectivity index (χ4v) is 3.60. The lowest BCUT2D eigenvalue weighted by molar-refractivity contribution is -0.591. The van der Waals surface area contributed by atoms with Gasteiger partial charge in [0.2, 0.25) is 0 Å². The molecule has 2 aliphatic heterocycles. The highest BCUT2D eigenvalue weighted by Gasteiger charge is 2.73. The molecule has 11 heteroatoms. The van der Waals surface area contributed by atoms with Gasteiger partial charge in [-0.15, -0.1) is 0 Å². The highest BCUT2D eigenvalue weighted by Crippen LogP contribution is 2.52. The van der Waals surface area contributed by atoms with E-state index in [1.807, 2.05) is 0 Å². The molecule has 3 rings (SSSR count). The van der Waals surface area contributed by atoms with Gasteiger partial charge >= 0.3 is 6.18 Å². The van der Waals surface area contributed by atoms with Crippen LogP contribution in [0.1, 0.15) is 11.5 Å². The maximum Gasteiger partial charge on any atom is 0.432 e. The van der Waals surface area contributed by atoms with Gasteiger partial charge in [0.05, 0.1) is 17.4 Å². The highest BCUT2D eigenvalue weighted by molar-refractivity contribution is 5.50. The van der Waals surface area contributed by atoms with Gasteiger partial charge < -0.3 is 4.74 Å². The van der Waals surface area contributed by atoms with E-state index in [4.69, 9.17) is 4.74 Å². The molecule has 1 fully saturated rings. The molecule has 0 amide bonds. The number of alkyl halides is 3. The Labute approximate surface area is 133 Å². The van der Waals surface area contributed by atoms with E-state index in [0.717, 1.165) is 18.2 Å². The molecule has 0 saturated carbocycles. The number of nitro benzene ring substituents is 1. The molecule has 0 N–H and O–H groups in total. The quantitative estimate of drug-likeness (QED) is 0.599. The van der Waals surface area contributed by atoms with Crippen LogP contribution in [0.25, 0.3) is 0 Å². The highest BCUT2D eigenvalue weighted by atomic mass is 19.4. The van der Waals surface area contributed by atoms with E-state index in [2.05, 4.69) is 0 Å². The summed E-state index contributed by atoms with van der Waals surface area (Å²) >= 11 is 0. The number of hydrogen-bond donors (Lipinski definition) is 0. The van der Waals surface area contributed by atoms with Gasteiger partial charge in [-0.3, -0.25) is 25.1 Å². The van der Waals surface area contributed by atoms with Gasteiger partial charge in [-0.2, -0.15) is 13.2 Å². The summed E-state index contributed by atoms with van der Waals surface area (Å²) in [5.74, 6) is -1.37. The third-order valence-corrected chi connectivity index (χ3v) is 4.54. The molecule has 2 heterocycles. The van der Waals surface area contributed by atoms with Crippen LogP contribution in [0.5, 0.6) is 5.75 Å². The van der Waals surface area contributed by atoms with Crippen LogP contribution in [-0.2, 0) is 0 Å². The Kier molecular flexibility index (Phi) is 3.44. The second-order valence-corrected chi connectivity index (χ2v) is 6.02. The number of ether oxygens (including phenoxy) is 1. The average molecular weight is 347 g/mol. The molecular formula is C13H12F3N3O5. The number of likely N-dealkylation sites (tertiary alicyclic amines) is 1. The maximum absolute atomic E-state index is 13.5. The summed E-state index contributed by atoms with van der Waals surface area (Å²) < 4.78 is 45.3. The first kappa shape index (κ1) is 16.4. The molecule has 0 spiro atoms. The predicted octanol–water partition coefficient (Wildman–Crippen LogP) is 1.96.